The van der Waals surface area contributed by atoms with Crippen LogP contribution >= 0.6 is 23.4 Å². The van der Waals surface area contributed by atoms with E-state index in [9.17, 15) is 13.2 Å². The zero-order valence-corrected chi connectivity index (χ0v) is 19.0. The van der Waals surface area contributed by atoms with Crippen LogP contribution in [0.2, 0.25) is 5.02 Å². The standard InChI is InChI=1S/C19H24ClN5O3S2/c1-13(17(26)21-14-8-11-30(27,28)12-14)29-19-23-22-18(24-9-4-5-10-24)25(19)16-7-3-2-6-15(16)20/h2-3,6-7,13-14H,4-5,8-12H2,1H3,(H,21,26). The summed E-state index contributed by atoms with van der Waals surface area (Å²) in [7, 11) is -3.05. The first-order chi connectivity index (χ1) is 14.3. The van der Waals surface area contributed by atoms with Crippen molar-refractivity contribution >= 4 is 45.1 Å². The molecule has 2 fully saturated rings. The van der Waals surface area contributed by atoms with Gasteiger partial charge in [-0.3, -0.25) is 9.36 Å². The Bertz CT molecular complexity index is 1040. The molecule has 2 atom stereocenters. The molecule has 0 spiro atoms. The third kappa shape index (κ3) is 4.60. The van der Waals surface area contributed by atoms with Crippen LogP contribution in [0.4, 0.5) is 5.95 Å². The fourth-order valence-corrected chi connectivity index (χ4v) is 6.50. The quantitative estimate of drug-likeness (QED) is 0.648. The van der Waals surface area contributed by atoms with Gasteiger partial charge in [-0.25, -0.2) is 8.42 Å². The van der Waals surface area contributed by atoms with Gasteiger partial charge < -0.3 is 10.2 Å². The molecule has 1 aromatic heterocycles. The molecule has 0 saturated carbocycles. The van der Waals surface area contributed by atoms with Crippen LogP contribution in [-0.2, 0) is 14.6 Å². The van der Waals surface area contributed by atoms with Crippen LogP contribution in [0.15, 0.2) is 29.4 Å². The lowest BCUT2D eigenvalue weighted by atomic mass is 10.2. The van der Waals surface area contributed by atoms with Crippen LogP contribution < -0.4 is 10.2 Å². The van der Waals surface area contributed by atoms with Crippen LogP contribution in [0.1, 0.15) is 26.2 Å². The molecule has 2 unspecified atom stereocenters. The summed E-state index contributed by atoms with van der Waals surface area (Å²) >= 11 is 7.75. The summed E-state index contributed by atoms with van der Waals surface area (Å²) in [5.41, 5.74) is 0.767. The monoisotopic (exact) mass is 469 g/mol. The summed E-state index contributed by atoms with van der Waals surface area (Å²) < 4.78 is 25.2. The molecule has 0 bridgehead atoms. The number of thioether (sulfide) groups is 1. The summed E-state index contributed by atoms with van der Waals surface area (Å²) in [4.78, 5) is 14.8. The zero-order valence-electron chi connectivity index (χ0n) is 16.6. The first-order valence-electron chi connectivity index (χ1n) is 9.97. The highest BCUT2D eigenvalue weighted by Crippen LogP contribution is 2.33. The number of anilines is 1. The van der Waals surface area contributed by atoms with Gasteiger partial charge in [0.05, 0.1) is 27.5 Å². The molecule has 1 N–H and O–H groups in total. The molecule has 0 radical (unpaired) electrons. The second-order valence-electron chi connectivity index (χ2n) is 7.63. The molecule has 3 heterocycles. The average Bonchev–Trinajstić information content (AvgIpc) is 3.42. The van der Waals surface area contributed by atoms with Crippen molar-refractivity contribution in [1.29, 1.82) is 0 Å². The molecular weight excluding hydrogens is 446 g/mol. The molecule has 0 aliphatic carbocycles. The minimum absolute atomic E-state index is 0.00500. The van der Waals surface area contributed by atoms with E-state index in [2.05, 4.69) is 20.4 Å². The van der Waals surface area contributed by atoms with E-state index in [4.69, 9.17) is 11.6 Å². The van der Waals surface area contributed by atoms with E-state index in [1.165, 1.54) is 11.8 Å². The summed E-state index contributed by atoms with van der Waals surface area (Å²) in [5, 5.41) is 12.3. The second kappa shape index (κ2) is 8.76. The first-order valence-corrected chi connectivity index (χ1v) is 13.0. The summed E-state index contributed by atoms with van der Waals surface area (Å²) in [6.45, 7) is 3.59. The van der Waals surface area contributed by atoms with Crippen molar-refractivity contribution in [3.63, 3.8) is 0 Å². The largest absolute Gasteiger partial charge is 0.351 e. The fraction of sp³-hybridized carbons (Fsp3) is 0.526. The Labute approximate surface area is 185 Å². The van der Waals surface area contributed by atoms with E-state index in [1.54, 1.807) is 6.92 Å². The van der Waals surface area contributed by atoms with Crippen molar-refractivity contribution in [1.82, 2.24) is 20.1 Å². The summed E-state index contributed by atoms with van der Waals surface area (Å²) in [6, 6.07) is 7.16. The van der Waals surface area contributed by atoms with E-state index < -0.39 is 15.1 Å². The smallest absolute Gasteiger partial charge is 0.233 e. The van der Waals surface area contributed by atoms with E-state index in [0.29, 0.717) is 16.6 Å². The van der Waals surface area contributed by atoms with Crippen molar-refractivity contribution in [2.75, 3.05) is 29.5 Å². The van der Waals surface area contributed by atoms with Crippen LogP contribution in [0.25, 0.3) is 5.69 Å². The number of nitrogens with one attached hydrogen (secondary N) is 1. The molecule has 1 amide bonds. The number of halogens is 1. The Kier molecular flexibility index (Phi) is 6.26. The molecular formula is C19H24ClN5O3S2. The third-order valence-electron chi connectivity index (χ3n) is 5.33. The van der Waals surface area contributed by atoms with Gasteiger partial charge in [0, 0.05) is 19.1 Å². The van der Waals surface area contributed by atoms with Crippen LogP contribution in [-0.4, -0.2) is 65.0 Å². The highest BCUT2D eigenvalue weighted by atomic mass is 35.5. The number of carbonyl (C=O) groups excluding carboxylic acids is 1. The van der Waals surface area contributed by atoms with Gasteiger partial charge in [-0.2, -0.15) is 0 Å². The minimum Gasteiger partial charge on any atom is -0.351 e. The van der Waals surface area contributed by atoms with Gasteiger partial charge in [-0.05, 0) is 38.3 Å². The molecule has 2 aliphatic rings. The van der Waals surface area contributed by atoms with E-state index in [1.807, 2.05) is 28.8 Å². The lowest BCUT2D eigenvalue weighted by molar-refractivity contribution is -0.120. The van der Waals surface area contributed by atoms with Gasteiger partial charge in [-0.1, -0.05) is 35.5 Å². The van der Waals surface area contributed by atoms with Gasteiger partial charge in [0.1, 0.15) is 0 Å². The first kappa shape index (κ1) is 21.5. The van der Waals surface area contributed by atoms with Gasteiger partial charge in [0.15, 0.2) is 15.0 Å². The predicted octanol–water partition coefficient (Wildman–Crippen LogP) is 2.30. The van der Waals surface area contributed by atoms with Crippen molar-refractivity contribution in [2.24, 2.45) is 0 Å². The van der Waals surface area contributed by atoms with Crippen molar-refractivity contribution < 1.29 is 13.2 Å². The number of hydrogen-bond acceptors (Lipinski definition) is 7. The molecule has 2 aromatic rings. The number of amides is 1. The van der Waals surface area contributed by atoms with Crippen LogP contribution in [0, 0.1) is 0 Å². The molecule has 11 heteroatoms. The van der Waals surface area contributed by atoms with Gasteiger partial charge >= 0.3 is 0 Å². The van der Waals surface area contributed by atoms with Gasteiger partial charge in [-0.15, -0.1) is 10.2 Å². The molecule has 2 saturated heterocycles. The maximum absolute atomic E-state index is 12.7. The molecule has 4 rings (SSSR count). The Balaban J connectivity index is 1.56. The maximum Gasteiger partial charge on any atom is 0.233 e. The Hall–Kier alpha value is -1.78. The number of carbonyl (C=O) groups is 1. The second-order valence-corrected chi connectivity index (χ2v) is 11.6. The molecule has 162 valence electrons. The Morgan fingerprint density at radius 3 is 2.67 bits per heavy atom. The van der Waals surface area contributed by atoms with E-state index in [0.717, 1.165) is 37.6 Å². The van der Waals surface area contributed by atoms with Crippen molar-refractivity contribution in [2.45, 2.75) is 42.6 Å². The number of rotatable bonds is 6. The highest BCUT2D eigenvalue weighted by Gasteiger charge is 2.31. The van der Waals surface area contributed by atoms with E-state index >= 15 is 0 Å². The number of nitrogens with zero attached hydrogens (tertiary/aromatic N) is 4. The number of benzene rings is 1. The molecule has 2 aliphatic heterocycles. The zero-order chi connectivity index (χ0) is 21.3. The third-order valence-corrected chi connectivity index (χ3v) is 8.46. The Morgan fingerprint density at radius 1 is 1.27 bits per heavy atom. The van der Waals surface area contributed by atoms with E-state index in [-0.39, 0.29) is 23.5 Å². The fourth-order valence-electron chi connectivity index (χ4n) is 3.74. The van der Waals surface area contributed by atoms with Gasteiger partial charge in [0.2, 0.25) is 11.9 Å². The maximum atomic E-state index is 12.7. The lowest BCUT2D eigenvalue weighted by Crippen LogP contribution is -2.40. The number of sulfone groups is 1. The van der Waals surface area contributed by atoms with Crippen LogP contribution in [0.5, 0.6) is 0 Å². The minimum atomic E-state index is -3.05. The van der Waals surface area contributed by atoms with Crippen LogP contribution in [0.3, 0.4) is 0 Å². The average molecular weight is 470 g/mol. The molecule has 30 heavy (non-hydrogen) atoms. The normalized spacial score (nSPS) is 21.7. The topological polar surface area (TPSA) is 97.2 Å². The molecule has 8 nitrogen and oxygen atoms in total. The highest BCUT2D eigenvalue weighted by molar-refractivity contribution is 8.00. The number of aromatic nitrogens is 3. The number of para-hydroxylation sites is 1. The lowest BCUT2D eigenvalue weighted by Gasteiger charge is -2.20. The van der Waals surface area contributed by atoms with Gasteiger partial charge in [0.25, 0.3) is 0 Å². The van der Waals surface area contributed by atoms with Crippen molar-refractivity contribution in [3.8, 4) is 5.69 Å². The predicted molar refractivity (Wildman–Crippen MR) is 118 cm³/mol. The number of hydrogen-bond donors (Lipinski definition) is 1. The summed E-state index contributed by atoms with van der Waals surface area (Å²) in [6.07, 6.45) is 2.66. The van der Waals surface area contributed by atoms with Crippen molar-refractivity contribution in [3.05, 3.63) is 29.3 Å². The molecule has 1 aromatic carbocycles. The summed E-state index contributed by atoms with van der Waals surface area (Å²) in [5.74, 6) is 0.640. The SMILES string of the molecule is CC(Sc1nnc(N2CCCC2)n1-c1ccccc1Cl)C(=O)NC1CCS(=O)(=O)C1. The Morgan fingerprint density at radius 2 is 2.00 bits per heavy atom.